The van der Waals surface area contributed by atoms with E-state index < -0.39 is 22.3 Å². The van der Waals surface area contributed by atoms with Gasteiger partial charge in [0.05, 0.1) is 21.2 Å². The fraction of sp³-hybridized carbons (Fsp3) is 0. The number of hydrogen-bond acceptors (Lipinski definition) is 4. The zero-order valence-electron chi connectivity index (χ0n) is 10.3. The van der Waals surface area contributed by atoms with Crippen molar-refractivity contribution in [1.82, 2.24) is 0 Å². The van der Waals surface area contributed by atoms with Crippen LogP contribution in [0.3, 0.4) is 0 Å². The number of nitro benzene ring substituents is 1. The highest BCUT2D eigenvalue weighted by Crippen LogP contribution is 2.31. The van der Waals surface area contributed by atoms with Gasteiger partial charge in [-0.1, -0.05) is 29.3 Å². The molecule has 0 saturated heterocycles. The molecule has 0 saturated carbocycles. The summed E-state index contributed by atoms with van der Waals surface area (Å²) < 4.78 is 0. The van der Waals surface area contributed by atoms with Gasteiger partial charge < -0.3 is 10.4 Å². The van der Waals surface area contributed by atoms with Gasteiger partial charge in [-0.15, -0.1) is 0 Å². The summed E-state index contributed by atoms with van der Waals surface area (Å²) in [7, 11) is 0. The number of carbonyl (C=O) groups is 1. The first-order chi connectivity index (χ1) is 9.90. The summed E-state index contributed by atoms with van der Waals surface area (Å²) in [5, 5.41) is 23.5. The standard InChI is InChI=1S/C13H8Cl2N2O4/c14-7-4-5-10(9(15)6-7)16-13(19)8-2-1-3-11(12(8)18)17(20)21/h1-6,18H,(H,16,19). The number of nitro groups is 1. The van der Waals surface area contributed by atoms with Crippen molar-refractivity contribution in [1.29, 1.82) is 0 Å². The van der Waals surface area contributed by atoms with Gasteiger partial charge in [0.2, 0.25) is 5.75 Å². The number of phenolic OH excluding ortho intramolecular Hbond substituents is 1. The SMILES string of the molecule is O=C(Nc1ccc(Cl)cc1Cl)c1cccc([N+](=O)[O-])c1O. The molecule has 0 aliphatic rings. The minimum atomic E-state index is -0.776. The summed E-state index contributed by atoms with van der Waals surface area (Å²) in [6.45, 7) is 0. The molecule has 0 unspecified atom stereocenters. The third-order valence-corrected chi connectivity index (χ3v) is 3.18. The normalized spacial score (nSPS) is 10.2. The summed E-state index contributed by atoms with van der Waals surface area (Å²) in [5.74, 6) is -1.43. The highest BCUT2D eigenvalue weighted by Gasteiger charge is 2.21. The summed E-state index contributed by atoms with van der Waals surface area (Å²) >= 11 is 11.7. The van der Waals surface area contributed by atoms with Crippen LogP contribution in [-0.2, 0) is 0 Å². The Morgan fingerprint density at radius 3 is 2.57 bits per heavy atom. The number of benzene rings is 2. The molecule has 21 heavy (non-hydrogen) atoms. The topological polar surface area (TPSA) is 92.5 Å². The predicted molar refractivity (Wildman–Crippen MR) is 79.2 cm³/mol. The van der Waals surface area contributed by atoms with E-state index in [2.05, 4.69) is 5.32 Å². The quantitative estimate of drug-likeness (QED) is 0.661. The maximum atomic E-state index is 12.1. The van der Waals surface area contributed by atoms with Crippen LogP contribution in [0.15, 0.2) is 36.4 Å². The molecule has 0 aromatic heterocycles. The van der Waals surface area contributed by atoms with Gasteiger partial charge in [0, 0.05) is 11.1 Å². The first-order valence-electron chi connectivity index (χ1n) is 5.63. The Hall–Kier alpha value is -2.31. The van der Waals surface area contributed by atoms with Crippen LogP contribution in [0.4, 0.5) is 11.4 Å². The molecule has 2 aromatic rings. The lowest BCUT2D eigenvalue weighted by Gasteiger charge is -2.08. The maximum absolute atomic E-state index is 12.1. The Morgan fingerprint density at radius 2 is 1.95 bits per heavy atom. The van der Waals surface area contributed by atoms with Gasteiger partial charge in [-0.05, 0) is 24.3 Å². The molecule has 0 spiro atoms. The molecule has 108 valence electrons. The van der Waals surface area contributed by atoms with Crippen LogP contribution >= 0.6 is 23.2 Å². The van der Waals surface area contributed by atoms with Crippen LogP contribution in [0.2, 0.25) is 10.0 Å². The molecule has 8 heteroatoms. The molecule has 0 atom stereocenters. The molecule has 0 heterocycles. The third-order valence-electron chi connectivity index (χ3n) is 2.64. The number of phenols is 1. The zero-order valence-corrected chi connectivity index (χ0v) is 11.9. The maximum Gasteiger partial charge on any atom is 0.311 e. The molecule has 2 aromatic carbocycles. The number of carbonyl (C=O) groups excluding carboxylic acids is 1. The van der Waals surface area contributed by atoms with Crippen LogP contribution in [0.25, 0.3) is 0 Å². The van der Waals surface area contributed by atoms with Crippen molar-refractivity contribution in [3.05, 3.63) is 62.1 Å². The second kappa shape index (κ2) is 5.99. The molecular weight excluding hydrogens is 319 g/mol. The second-order valence-corrected chi connectivity index (χ2v) is 4.85. The van der Waals surface area contributed by atoms with Crippen LogP contribution < -0.4 is 5.32 Å². The summed E-state index contributed by atoms with van der Waals surface area (Å²) in [5.41, 5.74) is -0.503. The average molecular weight is 327 g/mol. The molecular formula is C13H8Cl2N2O4. The van der Waals surface area contributed by atoms with Gasteiger partial charge in [-0.2, -0.15) is 0 Å². The van der Waals surface area contributed by atoms with Gasteiger partial charge in [0.25, 0.3) is 5.91 Å². The molecule has 0 radical (unpaired) electrons. The van der Waals surface area contributed by atoms with Crippen molar-refractivity contribution in [3.8, 4) is 5.75 Å². The van der Waals surface area contributed by atoms with E-state index in [0.29, 0.717) is 5.02 Å². The van der Waals surface area contributed by atoms with E-state index >= 15 is 0 Å². The molecule has 1 amide bonds. The Balaban J connectivity index is 2.33. The molecule has 0 aliphatic carbocycles. The second-order valence-electron chi connectivity index (χ2n) is 4.01. The van der Waals surface area contributed by atoms with Gasteiger partial charge in [0.15, 0.2) is 0 Å². The van der Waals surface area contributed by atoms with Crippen molar-refractivity contribution in [3.63, 3.8) is 0 Å². The van der Waals surface area contributed by atoms with E-state index in [1.54, 1.807) is 0 Å². The van der Waals surface area contributed by atoms with Crippen molar-refractivity contribution in [2.75, 3.05) is 5.32 Å². The lowest BCUT2D eigenvalue weighted by atomic mass is 10.1. The van der Waals surface area contributed by atoms with Crippen LogP contribution in [-0.4, -0.2) is 15.9 Å². The number of nitrogens with one attached hydrogen (secondary N) is 1. The Bertz CT molecular complexity index is 734. The lowest BCUT2D eigenvalue weighted by molar-refractivity contribution is -0.385. The van der Waals surface area contributed by atoms with Crippen molar-refractivity contribution in [2.24, 2.45) is 0 Å². The third kappa shape index (κ3) is 3.24. The highest BCUT2D eigenvalue weighted by atomic mass is 35.5. The van der Waals surface area contributed by atoms with Gasteiger partial charge in [-0.25, -0.2) is 0 Å². The number of para-hydroxylation sites is 1. The number of halogens is 2. The number of anilines is 1. The first kappa shape index (κ1) is 15.1. The van der Waals surface area contributed by atoms with E-state index in [1.807, 2.05) is 0 Å². The first-order valence-corrected chi connectivity index (χ1v) is 6.38. The molecule has 0 fully saturated rings. The number of aromatic hydroxyl groups is 1. The number of rotatable bonds is 3. The lowest BCUT2D eigenvalue weighted by Crippen LogP contribution is -2.12. The number of hydrogen-bond donors (Lipinski definition) is 2. The Kier molecular flexibility index (Phi) is 4.30. The summed E-state index contributed by atoms with van der Waals surface area (Å²) in [6.07, 6.45) is 0. The van der Waals surface area contributed by atoms with E-state index in [1.165, 1.54) is 30.3 Å². The van der Waals surface area contributed by atoms with Crippen LogP contribution in [0, 0.1) is 10.1 Å². The predicted octanol–water partition coefficient (Wildman–Crippen LogP) is 3.86. The monoisotopic (exact) mass is 326 g/mol. The summed E-state index contributed by atoms with van der Waals surface area (Å²) in [6, 6.07) is 8.11. The van der Waals surface area contributed by atoms with Crippen molar-refractivity contribution in [2.45, 2.75) is 0 Å². The molecule has 2 N–H and O–H groups in total. The summed E-state index contributed by atoms with van der Waals surface area (Å²) in [4.78, 5) is 22.0. The van der Waals surface area contributed by atoms with Crippen LogP contribution in [0.1, 0.15) is 10.4 Å². The molecule has 0 aliphatic heterocycles. The smallest absolute Gasteiger partial charge is 0.311 e. The van der Waals surface area contributed by atoms with Gasteiger partial charge >= 0.3 is 5.69 Å². The minimum absolute atomic E-state index is 0.209. The van der Waals surface area contributed by atoms with E-state index in [4.69, 9.17) is 23.2 Å². The van der Waals surface area contributed by atoms with Gasteiger partial charge in [-0.3, -0.25) is 14.9 Å². The average Bonchev–Trinajstić information content (AvgIpc) is 2.41. The highest BCUT2D eigenvalue weighted by molar-refractivity contribution is 6.36. The fourth-order valence-corrected chi connectivity index (χ4v) is 2.10. The Labute approximate surface area is 129 Å². The van der Waals surface area contributed by atoms with Gasteiger partial charge in [0.1, 0.15) is 0 Å². The largest absolute Gasteiger partial charge is 0.502 e. The molecule has 2 rings (SSSR count). The number of amides is 1. The van der Waals surface area contributed by atoms with Crippen molar-refractivity contribution >= 4 is 40.5 Å². The van der Waals surface area contributed by atoms with E-state index in [0.717, 1.165) is 6.07 Å². The molecule has 6 nitrogen and oxygen atoms in total. The van der Waals surface area contributed by atoms with Crippen LogP contribution in [0.5, 0.6) is 5.75 Å². The van der Waals surface area contributed by atoms with Crippen molar-refractivity contribution < 1.29 is 14.8 Å². The fourth-order valence-electron chi connectivity index (χ4n) is 1.64. The zero-order chi connectivity index (χ0) is 15.6. The van der Waals surface area contributed by atoms with E-state index in [-0.39, 0.29) is 16.3 Å². The minimum Gasteiger partial charge on any atom is -0.502 e. The molecule has 0 bridgehead atoms. The Morgan fingerprint density at radius 1 is 1.24 bits per heavy atom. The van der Waals surface area contributed by atoms with E-state index in [9.17, 15) is 20.0 Å². The number of nitrogens with zero attached hydrogens (tertiary/aromatic N) is 1.